The molecule has 0 heterocycles. The molecule has 0 saturated heterocycles. The second kappa shape index (κ2) is 4.11. The molecule has 0 aromatic carbocycles. The van der Waals surface area contributed by atoms with Crippen LogP contribution >= 0.6 is 0 Å². The first-order chi connectivity index (χ1) is 6.85. The van der Waals surface area contributed by atoms with Crippen LogP contribution < -0.4 is 0 Å². The van der Waals surface area contributed by atoms with Gasteiger partial charge in [0.2, 0.25) is 0 Å². The minimum absolute atomic E-state index is 0.0715. The summed E-state index contributed by atoms with van der Waals surface area (Å²) < 4.78 is 27.9. The fourth-order valence-corrected chi connectivity index (χ4v) is 3.52. The Balaban J connectivity index is 2.93. The van der Waals surface area contributed by atoms with Crippen LogP contribution in [-0.2, 0) is 14.6 Å². The minimum Gasteiger partial charge on any atom is -0.383 e. The van der Waals surface area contributed by atoms with E-state index in [-0.39, 0.29) is 11.2 Å². The molecular formula is C10H17NO3S. The molecule has 0 radical (unpaired) electrons. The largest absolute Gasteiger partial charge is 0.383 e. The first-order valence-electron chi connectivity index (χ1n) is 4.95. The van der Waals surface area contributed by atoms with Crippen molar-refractivity contribution in [2.75, 3.05) is 20.0 Å². The summed E-state index contributed by atoms with van der Waals surface area (Å²) in [6.07, 6.45) is 2.21. The van der Waals surface area contributed by atoms with E-state index in [1.807, 2.05) is 6.92 Å². The summed E-state index contributed by atoms with van der Waals surface area (Å²) in [5, 5.41) is 8.79. The van der Waals surface area contributed by atoms with Gasteiger partial charge in [-0.25, -0.2) is 8.42 Å². The van der Waals surface area contributed by atoms with Crippen LogP contribution in [0.25, 0.3) is 0 Å². The van der Waals surface area contributed by atoms with Crippen molar-refractivity contribution in [1.29, 1.82) is 5.26 Å². The Kier molecular flexibility index (Phi) is 3.41. The Morgan fingerprint density at radius 2 is 2.20 bits per heavy atom. The number of nitriles is 1. The van der Waals surface area contributed by atoms with E-state index in [2.05, 4.69) is 6.07 Å². The van der Waals surface area contributed by atoms with E-state index in [0.717, 1.165) is 0 Å². The van der Waals surface area contributed by atoms with Crippen LogP contribution in [-0.4, -0.2) is 33.6 Å². The first kappa shape index (κ1) is 12.5. The topological polar surface area (TPSA) is 67.2 Å². The number of ether oxygens (including phenoxy) is 1. The van der Waals surface area contributed by atoms with Crippen LogP contribution in [0, 0.1) is 22.7 Å². The zero-order valence-corrected chi connectivity index (χ0v) is 10.2. The van der Waals surface area contributed by atoms with Crippen LogP contribution in [0.1, 0.15) is 19.8 Å². The SMILES string of the molecule is COC[C@@]1(C#N)C[C@@H](S(C)(=O)=O)C[C@@H]1C. The molecule has 1 fully saturated rings. The molecule has 0 spiro atoms. The van der Waals surface area contributed by atoms with Gasteiger partial charge < -0.3 is 4.74 Å². The quantitative estimate of drug-likeness (QED) is 0.726. The Hall–Kier alpha value is -0.600. The summed E-state index contributed by atoms with van der Waals surface area (Å²) in [6, 6.07) is 2.24. The molecule has 0 N–H and O–H groups in total. The van der Waals surface area contributed by atoms with E-state index >= 15 is 0 Å². The van der Waals surface area contributed by atoms with Crippen molar-refractivity contribution in [3.05, 3.63) is 0 Å². The zero-order valence-electron chi connectivity index (χ0n) is 9.36. The van der Waals surface area contributed by atoms with Crippen molar-refractivity contribution >= 4 is 9.84 Å². The van der Waals surface area contributed by atoms with Crippen molar-refractivity contribution in [2.24, 2.45) is 11.3 Å². The van der Waals surface area contributed by atoms with Gasteiger partial charge in [-0.3, -0.25) is 0 Å². The van der Waals surface area contributed by atoms with Gasteiger partial charge >= 0.3 is 0 Å². The average molecular weight is 231 g/mol. The minimum atomic E-state index is -3.04. The van der Waals surface area contributed by atoms with Gasteiger partial charge in [0.25, 0.3) is 0 Å². The van der Waals surface area contributed by atoms with E-state index < -0.39 is 15.3 Å². The summed E-state index contributed by atoms with van der Waals surface area (Å²) in [5.74, 6) is 0.0715. The number of sulfone groups is 1. The molecular weight excluding hydrogens is 214 g/mol. The third-order valence-electron chi connectivity index (χ3n) is 3.38. The van der Waals surface area contributed by atoms with Crippen LogP contribution in [0.5, 0.6) is 0 Å². The predicted molar refractivity (Wildman–Crippen MR) is 57.0 cm³/mol. The van der Waals surface area contributed by atoms with Crippen molar-refractivity contribution in [2.45, 2.75) is 25.0 Å². The van der Waals surface area contributed by atoms with E-state index in [0.29, 0.717) is 19.4 Å². The highest BCUT2D eigenvalue weighted by atomic mass is 32.2. The molecule has 0 aromatic heterocycles. The lowest BCUT2D eigenvalue weighted by Gasteiger charge is -2.24. The van der Waals surface area contributed by atoms with Gasteiger partial charge in [0.1, 0.15) is 9.84 Å². The lowest BCUT2D eigenvalue weighted by Crippen LogP contribution is -2.28. The first-order valence-corrected chi connectivity index (χ1v) is 6.90. The Morgan fingerprint density at radius 3 is 2.53 bits per heavy atom. The van der Waals surface area contributed by atoms with Crippen LogP contribution in [0.15, 0.2) is 0 Å². The van der Waals surface area contributed by atoms with E-state index in [4.69, 9.17) is 4.74 Å². The summed E-state index contributed by atoms with van der Waals surface area (Å²) in [6.45, 7) is 2.24. The lowest BCUT2D eigenvalue weighted by atomic mass is 9.81. The van der Waals surface area contributed by atoms with Crippen LogP contribution in [0.2, 0.25) is 0 Å². The molecule has 1 rings (SSSR count). The maximum atomic E-state index is 11.4. The third-order valence-corrected chi connectivity index (χ3v) is 4.95. The van der Waals surface area contributed by atoms with Crippen molar-refractivity contribution < 1.29 is 13.2 Å². The monoisotopic (exact) mass is 231 g/mol. The molecule has 0 bridgehead atoms. The fourth-order valence-electron chi connectivity index (χ4n) is 2.28. The normalized spacial score (nSPS) is 36.4. The molecule has 86 valence electrons. The summed E-state index contributed by atoms with van der Waals surface area (Å²) in [7, 11) is -1.50. The second-order valence-corrected chi connectivity index (χ2v) is 6.82. The van der Waals surface area contributed by atoms with Gasteiger partial charge in [0, 0.05) is 13.4 Å². The smallest absolute Gasteiger partial charge is 0.150 e. The van der Waals surface area contributed by atoms with Crippen molar-refractivity contribution in [3.63, 3.8) is 0 Å². The highest BCUT2D eigenvalue weighted by Gasteiger charge is 2.48. The van der Waals surface area contributed by atoms with Gasteiger partial charge in [-0.05, 0) is 18.8 Å². The summed E-state index contributed by atoms with van der Waals surface area (Å²) in [4.78, 5) is 0. The molecule has 4 nitrogen and oxygen atoms in total. The summed E-state index contributed by atoms with van der Waals surface area (Å²) >= 11 is 0. The lowest BCUT2D eigenvalue weighted by molar-refractivity contribution is 0.0951. The Labute approximate surface area is 91.1 Å². The van der Waals surface area contributed by atoms with Crippen molar-refractivity contribution in [3.8, 4) is 6.07 Å². The molecule has 1 aliphatic rings. The number of rotatable bonds is 3. The van der Waals surface area contributed by atoms with Gasteiger partial charge in [0.05, 0.1) is 23.3 Å². The van der Waals surface area contributed by atoms with Crippen molar-refractivity contribution in [1.82, 2.24) is 0 Å². The molecule has 0 aromatic rings. The summed E-state index contributed by atoms with van der Waals surface area (Å²) in [5.41, 5.74) is -0.623. The second-order valence-electron chi connectivity index (χ2n) is 4.49. The van der Waals surface area contributed by atoms with Crippen LogP contribution in [0.3, 0.4) is 0 Å². The van der Waals surface area contributed by atoms with E-state index in [1.54, 1.807) is 7.11 Å². The molecule has 1 aliphatic carbocycles. The maximum Gasteiger partial charge on any atom is 0.150 e. The van der Waals surface area contributed by atoms with E-state index in [9.17, 15) is 13.7 Å². The zero-order chi connectivity index (χ0) is 11.7. The Bertz CT molecular complexity index is 371. The van der Waals surface area contributed by atoms with Gasteiger partial charge in [-0.15, -0.1) is 0 Å². The van der Waals surface area contributed by atoms with E-state index in [1.165, 1.54) is 6.26 Å². The number of methoxy groups -OCH3 is 1. The molecule has 5 heteroatoms. The molecule has 0 unspecified atom stereocenters. The number of hydrogen-bond donors (Lipinski definition) is 0. The predicted octanol–water partition coefficient (Wildman–Crippen LogP) is 0.986. The number of nitrogens with zero attached hydrogens (tertiary/aromatic N) is 1. The highest BCUT2D eigenvalue weighted by Crippen LogP contribution is 2.45. The molecule has 1 saturated carbocycles. The number of hydrogen-bond acceptors (Lipinski definition) is 4. The maximum absolute atomic E-state index is 11.4. The third kappa shape index (κ3) is 2.32. The van der Waals surface area contributed by atoms with Gasteiger partial charge in [0.15, 0.2) is 0 Å². The molecule has 0 aliphatic heterocycles. The highest BCUT2D eigenvalue weighted by molar-refractivity contribution is 7.91. The van der Waals surface area contributed by atoms with Gasteiger partial charge in [-0.2, -0.15) is 5.26 Å². The molecule has 15 heavy (non-hydrogen) atoms. The van der Waals surface area contributed by atoms with Crippen LogP contribution in [0.4, 0.5) is 0 Å². The average Bonchev–Trinajstić information content (AvgIpc) is 2.45. The molecule has 3 atom stereocenters. The fraction of sp³-hybridized carbons (Fsp3) is 0.900. The molecule has 0 amide bonds. The Morgan fingerprint density at radius 1 is 1.60 bits per heavy atom. The van der Waals surface area contributed by atoms with Gasteiger partial charge in [-0.1, -0.05) is 6.92 Å². The standard InChI is InChI=1S/C10H17NO3S/c1-8-4-9(15(3,12)13)5-10(8,6-11)7-14-2/h8-9H,4-5,7H2,1-3H3/t8-,9-,10-/m0/s1.